The van der Waals surface area contributed by atoms with E-state index in [2.05, 4.69) is 4.74 Å². The molecule has 0 N–H and O–H groups in total. The molecule has 0 bridgehead atoms. The average Bonchev–Trinajstić information content (AvgIpc) is 2.15. The van der Waals surface area contributed by atoms with Crippen LogP contribution in [-0.4, -0.2) is 11.9 Å². The fraction of sp³-hybridized carbons (Fsp3) is 0.273. The third-order valence-corrected chi connectivity index (χ3v) is 1.92. The zero-order chi connectivity index (χ0) is 13.1. The molecule has 92 valence electrons. The Morgan fingerprint density at radius 3 is 2.35 bits per heavy atom. The molecule has 0 fully saturated rings. The highest BCUT2D eigenvalue weighted by molar-refractivity contribution is 5.85. The minimum absolute atomic E-state index is 0.216. The Bertz CT molecular complexity index is 438. The Kier molecular flexibility index (Phi) is 3.88. The number of alkyl halides is 3. The fourth-order valence-corrected chi connectivity index (χ4v) is 1.30. The van der Waals surface area contributed by atoms with Crippen LogP contribution < -0.4 is 0 Å². The minimum Gasteiger partial charge on any atom is -0.393 e. The van der Waals surface area contributed by atoms with E-state index in [1.165, 1.54) is 18.2 Å². The molecule has 0 aliphatic carbocycles. The zero-order valence-electron chi connectivity index (χ0n) is 8.88. The van der Waals surface area contributed by atoms with Crippen molar-refractivity contribution < 1.29 is 27.5 Å². The molecule has 0 radical (unpaired) electrons. The largest absolute Gasteiger partial charge is 0.416 e. The highest BCUT2D eigenvalue weighted by Crippen LogP contribution is 2.32. The lowest BCUT2D eigenvalue weighted by Crippen LogP contribution is -2.15. The lowest BCUT2D eigenvalue weighted by atomic mass is 10.0. The second kappa shape index (κ2) is 4.99. The number of esters is 2. The third kappa shape index (κ3) is 3.90. The normalized spacial score (nSPS) is 11.1. The minimum atomic E-state index is -4.53. The Balaban J connectivity index is 2.92. The summed E-state index contributed by atoms with van der Waals surface area (Å²) < 4.78 is 41.8. The summed E-state index contributed by atoms with van der Waals surface area (Å²) in [5, 5.41) is 0. The quantitative estimate of drug-likeness (QED) is 0.594. The maximum absolute atomic E-state index is 12.5. The van der Waals surface area contributed by atoms with Gasteiger partial charge in [0.15, 0.2) is 0 Å². The van der Waals surface area contributed by atoms with E-state index in [-0.39, 0.29) is 5.56 Å². The van der Waals surface area contributed by atoms with Gasteiger partial charge in [-0.1, -0.05) is 18.2 Å². The van der Waals surface area contributed by atoms with Gasteiger partial charge in [0, 0.05) is 6.92 Å². The van der Waals surface area contributed by atoms with Gasteiger partial charge in [0.1, 0.15) is 0 Å². The molecular formula is C11H9F3O3. The summed E-state index contributed by atoms with van der Waals surface area (Å²) in [5.41, 5.74) is -1.12. The molecule has 0 aromatic heterocycles. The molecule has 0 heterocycles. The highest BCUT2D eigenvalue weighted by atomic mass is 19.4. The number of benzene rings is 1. The van der Waals surface area contributed by atoms with Gasteiger partial charge < -0.3 is 4.74 Å². The van der Waals surface area contributed by atoms with Gasteiger partial charge in [-0.2, -0.15) is 13.2 Å². The van der Waals surface area contributed by atoms with Crippen molar-refractivity contribution in [2.75, 3.05) is 0 Å². The number of rotatable bonds is 2. The van der Waals surface area contributed by atoms with Crippen molar-refractivity contribution in [2.24, 2.45) is 0 Å². The predicted octanol–water partition coefficient (Wildman–Crippen LogP) is 2.34. The third-order valence-electron chi connectivity index (χ3n) is 1.92. The number of carbonyl (C=O) groups is 2. The molecule has 0 atom stereocenters. The maximum Gasteiger partial charge on any atom is 0.416 e. The van der Waals surface area contributed by atoms with E-state index in [9.17, 15) is 22.8 Å². The van der Waals surface area contributed by atoms with E-state index >= 15 is 0 Å². The molecule has 0 aliphatic heterocycles. The van der Waals surface area contributed by atoms with Crippen molar-refractivity contribution in [3.63, 3.8) is 0 Å². The van der Waals surface area contributed by atoms with Crippen molar-refractivity contribution in [3.05, 3.63) is 35.4 Å². The summed E-state index contributed by atoms with van der Waals surface area (Å²) in [4.78, 5) is 21.6. The first kappa shape index (κ1) is 13.2. The topological polar surface area (TPSA) is 43.4 Å². The van der Waals surface area contributed by atoms with Crippen LogP contribution in [0.1, 0.15) is 18.1 Å². The van der Waals surface area contributed by atoms with Crippen molar-refractivity contribution in [2.45, 2.75) is 19.5 Å². The van der Waals surface area contributed by atoms with Gasteiger partial charge in [-0.3, -0.25) is 9.59 Å². The van der Waals surface area contributed by atoms with E-state index in [0.717, 1.165) is 13.0 Å². The van der Waals surface area contributed by atoms with Crippen LogP contribution in [0.25, 0.3) is 0 Å². The second-order valence-corrected chi connectivity index (χ2v) is 3.30. The van der Waals surface area contributed by atoms with Crippen LogP contribution in [0.15, 0.2) is 24.3 Å². The fourth-order valence-electron chi connectivity index (χ4n) is 1.30. The first-order valence-electron chi connectivity index (χ1n) is 4.67. The van der Waals surface area contributed by atoms with Gasteiger partial charge in [0.2, 0.25) is 0 Å². The summed E-state index contributed by atoms with van der Waals surface area (Å²) in [7, 11) is 0. The molecule has 0 aliphatic rings. The number of halogens is 3. The Hall–Kier alpha value is -1.85. The monoisotopic (exact) mass is 246 g/mol. The number of carbonyl (C=O) groups excluding carboxylic acids is 2. The summed E-state index contributed by atoms with van der Waals surface area (Å²) in [5.74, 6) is -1.85. The zero-order valence-corrected chi connectivity index (χ0v) is 8.88. The van der Waals surface area contributed by atoms with Crippen molar-refractivity contribution in [3.8, 4) is 0 Å². The van der Waals surface area contributed by atoms with Crippen LogP contribution in [0.5, 0.6) is 0 Å². The molecule has 0 spiro atoms. The number of hydrogen-bond donors (Lipinski definition) is 0. The van der Waals surface area contributed by atoms with Crippen molar-refractivity contribution in [1.29, 1.82) is 0 Å². The van der Waals surface area contributed by atoms with E-state index in [4.69, 9.17) is 0 Å². The van der Waals surface area contributed by atoms with Crippen LogP contribution in [0.4, 0.5) is 13.2 Å². The van der Waals surface area contributed by atoms with Crippen molar-refractivity contribution in [1.82, 2.24) is 0 Å². The van der Waals surface area contributed by atoms with Crippen LogP contribution in [0.3, 0.4) is 0 Å². The number of hydrogen-bond acceptors (Lipinski definition) is 3. The average molecular weight is 246 g/mol. The van der Waals surface area contributed by atoms with Gasteiger partial charge >= 0.3 is 18.1 Å². The van der Waals surface area contributed by atoms with E-state index < -0.39 is 30.1 Å². The smallest absolute Gasteiger partial charge is 0.393 e. The summed E-state index contributed by atoms with van der Waals surface area (Å²) in [6.45, 7) is 1.01. The molecule has 6 heteroatoms. The molecular weight excluding hydrogens is 237 g/mol. The van der Waals surface area contributed by atoms with E-state index in [0.29, 0.717) is 0 Å². The Morgan fingerprint density at radius 2 is 1.82 bits per heavy atom. The molecule has 3 nitrogen and oxygen atoms in total. The first-order valence-corrected chi connectivity index (χ1v) is 4.67. The Morgan fingerprint density at radius 1 is 1.24 bits per heavy atom. The van der Waals surface area contributed by atoms with E-state index in [1.54, 1.807) is 0 Å². The summed E-state index contributed by atoms with van der Waals surface area (Å²) in [6.07, 6.45) is -5.12. The molecule has 0 unspecified atom stereocenters. The van der Waals surface area contributed by atoms with Gasteiger partial charge in [-0.25, -0.2) is 0 Å². The number of ether oxygens (including phenoxy) is 1. The van der Waals surface area contributed by atoms with Gasteiger partial charge in [0.05, 0.1) is 12.0 Å². The molecule has 0 saturated carbocycles. The summed E-state index contributed by atoms with van der Waals surface area (Å²) >= 11 is 0. The molecule has 0 amide bonds. The van der Waals surface area contributed by atoms with Crippen molar-refractivity contribution >= 4 is 11.9 Å². The SMILES string of the molecule is CC(=O)OC(=O)Cc1ccccc1C(F)(F)F. The van der Waals surface area contributed by atoms with Crippen LogP contribution in [-0.2, 0) is 26.9 Å². The lowest BCUT2D eigenvalue weighted by Gasteiger charge is -2.11. The first-order chi connectivity index (χ1) is 7.80. The second-order valence-electron chi connectivity index (χ2n) is 3.30. The van der Waals surface area contributed by atoms with E-state index in [1.807, 2.05) is 0 Å². The Labute approximate surface area is 95.2 Å². The highest BCUT2D eigenvalue weighted by Gasteiger charge is 2.33. The maximum atomic E-state index is 12.5. The lowest BCUT2D eigenvalue weighted by molar-refractivity contribution is -0.157. The molecule has 1 aromatic rings. The molecule has 0 saturated heterocycles. The van der Waals surface area contributed by atoms with Crippen LogP contribution in [0.2, 0.25) is 0 Å². The predicted molar refractivity (Wildman–Crippen MR) is 51.9 cm³/mol. The summed E-state index contributed by atoms with van der Waals surface area (Å²) in [6, 6.07) is 4.65. The van der Waals surface area contributed by atoms with Gasteiger partial charge in [-0.05, 0) is 11.6 Å². The van der Waals surface area contributed by atoms with Gasteiger partial charge in [-0.15, -0.1) is 0 Å². The molecule has 1 aromatic carbocycles. The molecule has 17 heavy (non-hydrogen) atoms. The van der Waals surface area contributed by atoms with Crippen LogP contribution >= 0.6 is 0 Å². The van der Waals surface area contributed by atoms with Crippen LogP contribution in [0, 0.1) is 0 Å². The molecule has 1 rings (SSSR count). The standard InChI is InChI=1S/C11H9F3O3/c1-7(15)17-10(16)6-8-4-2-3-5-9(8)11(12,13)14/h2-5H,6H2,1H3. The van der Waals surface area contributed by atoms with Gasteiger partial charge in [0.25, 0.3) is 0 Å².